The van der Waals surface area contributed by atoms with Gasteiger partial charge in [-0.05, 0) is 6.42 Å². The van der Waals surface area contributed by atoms with Crippen molar-refractivity contribution in [3.63, 3.8) is 0 Å². The molecule has 9 heavy (non-hydrogen) atoms. The topological polar surface area (TPSA) is 77.8 Å². The minimum Gasteiger partial charge on any atom is -0.244 e. The highest BCUT2D eigenvalue weighted by Gasteiger charge is 2.40. The zero-order valence-electron chi connectivity index (χ0n) is 5.11. The fraction of sp³-hybridized carbons (Fsp3) is 0.750. The normalized spacial score (nSPS) is 11.6. The molecule has 0 heterocycles. The third kappa shape index (κ3) is 3.54. The van der Waals surface area contributed by atoms with E-state index in [9.17, 15) is 4.79 Å². The van der Waals surface area contributed by atoms with Crippen LogP contribution in [0.25, 0.3) is 0 Å². The standard InChI is InChI=1S/C4H10O4P/c1-2-3-4(5)9(6,7)8/h6-8H,2-3H2,1H3/q+1. The highest BCUT2D eigenvalue weighted by Crippen LogP contribution is 2.46. The molecule has 3 N–H and O–H groups in total. The fourth-order valence-corrected chi connectivity index (χ4v) is 0.887. The predicted octanol–water partition coefficient (Wildman–Crippen LogP) is 0.0526. The Kier molecular flexibility index (Phi) is 3.22. The number of carbonyl (C=O) groups excluding carboxylic acids is 1. The molecule has 0 atom stereocenters. The van der Waals surface area contributed by atoms with E-state index in [1.807, 2.05) is 0 Å². The van der Waals surface area contributed by atoms with Crippen LogP contribution in [-0.2, 0) is 4.79 Å². The van der Waals surface area contributed by atoms with Crippen LogP contribution in [0.4, 0.5) is 0 Å². The predicted molar refractivity (Wildman–Crippen MR) is 33.5 cm³/mol. The lowest BCUT2D eigenvalue weighted by Gasteiger charge is -1.97. The summed E-state index contributed by atoms with van der Waals surface area (Å²) >= 11 is 0. The summed E-state index contributed by atoms with van der Waals surface area (Å²) in [4.78, 5) is 35.2. The van der Waals surface area contributed by atoms with E-state index in [1.165, 1.54) is 0 Å². The summed E-state index contributed by atoms with van der Waals surface area (Å²) in [5.41, 5.74) is -0.856. The van der Waals surface area contributed by atoms with Crippen molar-refractivity contribution in [1.82, 2.24) is 0 Å². The Balaban J connectivity index is 3.74. The highest BCUT2D eigenvalue weighted by atomic mass is 31.2. The molecule has 0 saturated carbocycles. The lowest BCUT2D eigenvalue weighted by molar-refractivity contribution is -0.114. The number of carbonyl (C=O) groups is 1. The Morgan fingerprint density at radius 1 is 1.44 bits per heavy atom. The quantitative estimate of drug-likeness (QED) is 0.500. The van der Waals surface area contributed by atoms with Crippen molar-refractivity contribution >= 4 is 13.5 Å². The van der Waals surface area contributed by atoms with Crippen LogP contribution in [-0.4, -0.2) is 20.2 Å². The second-order valence-electron chi connectivity index (χ2n) is 1.71. The van der Waals surface area contributed by atoms with Crippen LogP contribution in [0.2, 0.25) is 0 Å². The highest BCUT2D eigenvalue weighted by molar-refractivity contribution is 7.76. The lowest BCUT2D eigenvalue weighted by atomic mass is 10.4. The first-order valence-electron chi connectivity index (χ1n) is 2.59. The maximum atomic E-state index is 10.4. The minimum absolute atomic E-state index is 0.0251. The van der Waals surface area contributed by atoms with Gasteiger partial charge in [-0.25, -0.2) is 4.79 Å². The minimum atomic E-state index is -4.16. The monoisotopic (exact) mass is 153 g/mol. The van der Waals surface area contributed by atoms with Gasteiger partial charge in [0.1, 0.15) is 0 Å². The summed E-state index contributed by atoms with van der Waals surface area (Å²) < 4.78 is 0. The van der Waals surface area contributed by atoms with Gasteiger partial charge in [-0.1, -0.05) is 6.92 Å². The van der Waals surface area contributed by atoms with Crippen molar-refractivity contribution in [3.05, 3.63) is 0 Å². The molecule has 0 radical (unpaired) electrons. The molecule has 0 rings (SSSR count). The van der Waals surface area contributed by atoms with E-state index in [-0.39, 0.29) is 6.42 Å². The maximum absolute atomic E-state index is 10.4. The van der Waals surface area contributed by atoms with Crippen molar-refractivity contribution in [2.75, 3.05) is 0 Å². The lowest BCUT2D eigenvalue weighted by Crippen LogP contribution is -2.03. The van der Waals surface area contributed by atoms with E-state index in [0.717, 1.165) is 0 Å². The van der Waals surface area contributed by atoms with E-state index < -0.39 is 13.5 Å². The van der Waals surface area contributed by atoms with Gasteiger partial charge in [0.25, 0.3) is 0 Å². The van der Waals surface area contributed by atoms with Crippen LogP contribution in [0.1, 0.15) is 19.8 Å². The van der Waals surface area contributed by atoms with Gasteiger partial charge >= 0.3 is 13.5 Å². The van der Waals surface area contributed by atoms with Gasteiger partial charge in [0.05, 0.1) is 6.42 Å². The van der Waals surface area contributed by atoms with E-state index in [1.54, 1.807) is 6.92 Å². The van der Waals surface area contributed by atoms with Gasteiger partial charge in [-0.15, -0.1) is 0 Å². The Bertz CT molecular complexity index is 106. The third-order valence-corrected chi connectivity index (χ3v) is 1.69. The van der Waals surface area contributed by atoms with Crippen LogP contribution in [0, 0.1) is 0 Å². The van der Waals surface area contributed by atoms with Crippen molar-refractivity contribution < 1.29 is 19.5 Å². The van der Waals surface area contributed by atoms with Crippen molar-refractivity contribution in [3.8, 4) is 0 Å². The summed E-state index contributed by atoms with van der Waals surface area (Å²) in [7, 11) is -4.16. The molecule has 0 aromatic heterocycles. The summed E-state index contributed by atoms with van der Waals surface area (Å²) in [6.07, 6.45) is 0.541. The zero-order chi connectivity index (χ0) is 7.49. The molecular formula is C4H10O4P+. The van der Waals surface area contributed by atoms with Gasteiger partial charge in [-0.3, -0.25) is 0 Å². The second kappa shape index (κ2) is 3.22. The van der Waals surface area contributed by atoms with Crippen LogP contribution in [0.15, 0.2) is 0 Å². The third-order valence-electron chi connectivity index (χ3n) is 0.798. The Morgan fingerprint density at radius 2 is 1.89 bits per heavy atom. The van der Waals surface area contributed by atoms with E-state index in [0.29, 0.717) is 6.42 Å². The number of rotatable bonds is 3. The van der Waals surface area contributed by atoms with Crippen LogP contribution < -0.4 is 0 Å². The van der Waals surface area contributed by atoms with Crippen molar-refractivity contribution in [1.29, 1.82) is 0 Å². The molecule has 0 aromatic carbocycles. The van der Waals surface area contributed by atoms with Crippen molar-refractivity contribution in [2.45, 2.75) is 19.8 Å². The smallest absolute Gasteiger partial charge is 0.244 e. The van der Waals surface area contributed by atoms with Gasteiger partial charge in [0, 0.05) is 0 Å². The van der Waals surface area contributed by atoms with E-state index in [2.05, 4.69) is 0 Å². The second-order valence-corrected chi connectivity index (χ2v) is 3.35. The van der Waals surface area contributed by atoms with Crippen molar-refractivity contribution in [2.24, 2.45) is 0 Å². The first-order valence-corrected chi connectivity index (χ1v) is 4.24. The number of hydrogen-bond donors (Lipinski definition) is 3. The molecule has 0 aliphatic rings. The zero-order valence-corrected chi connectivity index (χ0v) is 6.01. The molecule has 0 aromatic rings. The molecule has 0 bridgehead atoms. The largest absolute Gasteiger partial charge is 0.478 e. The summed E-state index contributed by atoms with van der Waals surface area (Å²) in [6, 6.07) is 0. The summed E-state index contributed by atoms with van der Waals surface area (Å²) in [5, 5.41) is 0. The maximum Gasteiger partial charge on any atom is 0.478 e. The summed E-state index contributed by atoms with van der Waals surface area (Å²) in [6.45, 7) is 1.72. The molecule has 54 valence electrons. The molecule has 5 heteroatoms. The molecule has 0 aliphatic carbocycles. The van der Waals surface area contributed by atoms with E-state index in [4.69, 9.17) is 14.7 Å². The molecule has 0 saturated heterocycles. The molecule has 0 amide bonds. The first-order chi connectivity index (χ1) is 3.98. The Hall–Kier alpha value is -0.0200. The Labute approximate surface area is 53.7 Å². The Morgan fingerprint density at radius 3 is 2.00 bits per heavy atom. The van der Waals surface area contributed by atoms with Gasteiger partial charge < -0.3 is 0 Å². The fourth-order valence-electron chi connectivity index (χ4n) is 0.364. The SMILES string of the molecule is CCCC(=O)[P+](O)(O)O. The molecule has 4 nitrogen and oxygen atoms in total. The van der Waals surface area contributed by atoms with E-state index >= 15 is 0 Å². The average Bonchev–Trinajstić information content (AvgIpc) is 1.64. The molecule has 0 aliphatic heterocycles. The molecule has 0 spiro atoms. The van der Waals surface area contributed by atoms with Crippen LogP contribution in [0.3, 0.4) is 0 Å². The summed E-state index contributed by atoms with van der Waals surface area (Å²) in [5.74, 6) is 0. The first kappa shape index (κ1) is 8.98. The van der Waals surface area contributed by atoms with Crippen LogP contribution in [0.5, 0.6) is 0 Å². The van der Waals surface area contributed by atoms with Gasteiger partial charge in [0.15, 0.2) is 0 Å². The molecular weight excluding hydrogens is 143 g/mol. The molecule has 0 fully saturated rings. The van der Waals surface area contributed by atoms with Crippen LogP contribution >= 0.6 is 7.94 Å². The average molecular weight is 153 g/mol. The van der Waals surface area contributed by atoms with Gasteiger partial charge in [0.2, 0.25) is 0 Å². The van der Waals surface area contributed by atoms with Gasteiger partial charge in [-0.2, -0.15) is 14.7 Å². The number of hydrogen-bond acceptors (Lipinski definition) is 4. The molecule has 0 unspecified atom stereocenters.